The zero-order valence-electron chi connectivity index (χ0n) is 6.64. The van der Waals surface area contributed by atoms with Crippen LogP contribution in [-0.2, 0) is 19.9 Å². The van der Waals surface area contributed by atoms with Gasteiger partial charge in [0.05, 0.1) is 5.25 Å². The number of thiol groups is 1. The summed E-state index contributed by atoms with van der Waals surface area (Å²) in [7, 11) is -3.59. The fourth-order valence-electron chi connectivity index (χ4n) is 1.81. The average molecular weight is 218 g/mol. The predicted octanol–water partition coefficient (Wildman–Crippen LogP) is 1.20. The van der Waals surface area contributed by atoms with Crippen molar-refractivity contribution in [2.45, 2.75) is 22.7 Å². The molecule has 0 radical (unpaired) electrons. The molecule has 70 valence electrons. The standard InChI is InChI=1S/C7H6O4S2/c1-7-5-4(13(8,9)11-7)2-3(10-5)6(7)12/h2,6,12H,1H3. The summed E-state index contributed by atoms with van der Waals surface area (Å²) in [6.07, 6.45) is 0. The molecule has 0 aliphatic carbocycles. The van der Waals surface area contributed by atoms with Crippen LogP contribution in [0.5, 0.6) is 0 Å². The second kappa shape index (κ2) is 1.82. The molecule has 3 rings (SSSR count). The summed E-state index contributed by atoms with van der Waals surface area (Å²) in [5, 5.41) is -0.316. The van der Waals surface area contributed by atoms with E-state index in [0.29, 0.717) is 11.5 Å². The first-order chi connectivity index (χ1) is 5.95. The minimum atomic E-state index is -3.59. The molecule has 0 saturated heterocycles. The first kappa shape index (κ1) is 7.90. The van der Waals surface area contributed by atoms with E-state index >= 15 is 0 Å². The van der Waals surface area contributed by atoms with E-state index < -0.39 is 15.7 Å². The van der Waals surface area contributed by atoms with Crippen LogP contribution >= 0.6 is 12.6 Å². The average Bonchev–Trinajstić information content (AvgIpc) is 2.55. The van der Waals surface area contributed by atoms with Gasteiger partial charge in [-0.25, -0.2) is 4.18 Å². The van der Waals surface area contributed by atoms with Crippen molar-refractivity contribution >= 4 is 22.7 Å². The highest BCUT2D eigenvalue weighted by Crippen LogP contribution is 2.58. The number of rotatable bonds is 0. The predicted molar refractivity (Wildman–Crippen MR) is 46.1 cm³/mol. The van der Waals surface area contributed by atoms with Gasteiger partial charge in [-0.1, -0.05) is 0 Å². The Hall–Kier alpha value is -0.460. The molecule has 0 fully saturated rings. The smallest absolute Gasteiger partial charge is 0.301 e. The minimum Gasteiger partial charge on any atom is -0.460 e. The van der Waals surface area contributed by atoms with E-state index in [1.54, 1.807) is 6.92 Å². The molecule has 6 heteroatoms. The summed E-state index contributed by atoms with van der Waals surface area (Å²) < 4.78 is 33.0. The Kier molecular flexibility index (Phi) is 1.11. The van der Waals surface area contributed by atoms with Crippen molar-refractivity contribution in [2.24, 2.45) is 0 Å². The Bertz CT molecular complexity index is 501. The van der Waals surface area contributed by atoms with Crippen molar-refractivity contribution in [2.75, 3.05) is 0 Å². The summed E-state index contributed by atoms with van der Waals surface area (Å²) in [6.45, 7) is 1.67. The van der Waals surface area contributed by atoms with Crippen LogP contribution in [0.4, 0.5) is 0 Å². The molecule has 1 aromatic heterocycles. The van der Waals surface area contributed by atoms with E-state index in [4.69, 9.17) is 8.60 Å². The lowest BCUT2D eigenvalue weighted by molar-refractivity contribution is 0.106. The first-order valence-electron chi connectivity index (χ1n) is 3.73. The Morgan fingerprint density at radius 2 is 2.31 bits per heavy atom. The van der Waals surface area contributed by atoms with E-state index in [-0.39, 0.29) is 10.1 Å². The number of furan rings is 1. The van der Waals surface area contributed by atoms with Gasteiger partial charge in [-0.15, -0.1) is 0 Å². The molecule has 0 saturated carbocycles. The fourth-order valence-corrected chi connectivity index (χ4v) is 3.63. The quantitative estimate of drug-likeness (QED) is 0.525. The highest BCUT2D eigenvalue weighted by molar-refractivity contribution is 7.87. The maximum atomic E-state index is 11.4. The lowest BCUT2D eigenvalue weighted by Gasteiger charge is -2.19. The van der Waals surface area contributed by atoms with Gasteiger partial charge in [0.15, 0.2) is 11.4 Å². The zero-order chi connectivity index (χ0) is 9.43. The van der Waals surface area contributed by atoms with Gasteiger partial charge in [0.1, 0.15) is 10.7 Å². The van der Waals surface area contributed by atoms with E-state index in [0.717, 1.165) is 0 Å². The first-order valence-corrected chi connectivity index (χ1v) is 5.65. The molecular weight excluding hydrogens is 212 g/mol. The normalized spacial score (nSPS) is 38.5. The molecule has 13 heavy (non-hydrogen) atoms. The maximum Gasteiger partial charge on any atom is 0.301 e. The van der Waals surface area contributed by atoms with E-state index in [1.807, 2.05) is 0 Å². The third-order valence-corrected chi connectivity index (χ3v) is 4.67. The van der Waals surface area contributed by atoms with Crippen molar-refractivity contribution in [1.29, 1.82) is 0 Å². The van der Waals surface area contributed by atoms with Crippen LogP contribution in [0.25, 0.3) is 0 Å². The van der Waals surface area contributed by atoms with Gasteiger partial charge < -0.3 is 4.42 Å². The monoisotopic (exact) mass is 218 g/mol. The summed E-state index contributed by atoms with van der Waals surface area (Å²) in [6, 6.07) is 1.48. The van der Waals surface area contributed by atoms with Crippen molar-refractivity contribution in [1.82, 2.24) is 0 Å². The third kappa shape index (κ3) is 0.672. The van der Waals surface area contributed by atoms with Crippen LogP contribution in [0.3, 0.4) is 0 Å². The maximum absolute atomic E-state index is 11.4. The summed E-state index contributed by atoms with van der Waals surface area (Å²) in [5.74, 6) is 0.958. The molecule has 2 atom stereocenters. The topological polar surface area (TPSA) is 56.5 Å². The van der Waals surface area contributed by atoms with E-state index in [1.165, 1.54) is 6.07 Å². The lowest BCUT2D eigenvalue weighted by atomic mass is 9.96. The Morgan fingerprint density at radius 1 is 1.62 bits per heavy atom. The summed E-state index contributed by atoms with van der Waals surface area (Å²) in [4.78, 5) is 0.162. The largest absolute Gasteiger partial charge is 0.460 e. The van der Waals surface area contributed by atoms with Crippen molar-refractivity contribution < 1.29 is 17.0 Å². The second-order valence-electron chi connectivity index (χ2n) is 3.39. The highest BCUT2D eigenvalue weighted by Gasteiger charge is 2.59. The van der Waals surface area contributed by atoms with Crippen LogP contribution in [0.15, 0.2) is 15.4 Å². The fraction of sp³-hybridized carbons (Fsp3) is 0.429. The molecule has 0 aromatic carbocycles. The number of hydrogen-bond donors (Lipinski definition) is 1. The molecule has 4 nitrogen and oxygen atoms in total. The van der Waals surface area contributed by atoms with Crippen molar-refractivity contribution in [3.8, 4) is 0 Å². The Balaban J connectivity index is 2.44. The molecular formula is C7H6O4S2. The second-order valence-corrected chi connectivity index (χ2v) is 5.42. The highest BCUT2D eigenvalue weighted by atomic mass is 32.2. The molecule has 0 N–H and O–H groups in total. The van der Waals surface area contributed by atoms with Gasteiger partial charge in [0, 0.05) is 6.07 Å². The molecule has 3 heterocycles. The van der Waals surface area contributed by atoms with Gasteiger partial charge in [-0.2, -0.15) is 21.0 Å². The van der Waals surface area contributed by atoms with Gasteiger partial charge in [-0.3, -0.25) is 0 Å². The summed E-state index contributed by atoms with van der Waals surface area (Å²) in [5.41, 5.74) is -0.915. The Labute approximate surface area is 80.4 Å². The zero-order valence-corrected chi connectivity index (χ0v) is 8.35. The van der Waals surface area contributed by atoms with Gasteiger partial charge in [0.2, 0.25) is 0 Å². The Morgan fingerprint density at radius 3 is 2.85 bits per heavy atom. The van der Waals surface area contributed by atoms with E-state index in [2.05, 4.69) is 12.6 Å². The van der Waals surface area contributed by atoms with Crippen molar-refractivity contribution in [3.63, 3.8) is 0 Å². The molecule has 0 spiro atoms. The van der Waals surface area contributed by atoms with Crippen LogP contribution in [0, 0.1) is 0 Å². The molecule has 2 aliphatic rings. The molecule has 0 amide bonds. The molecule has 1 aromatic rings. The minimum absolute atomic E-state index is 0.162. The van der Waals surface area contributed by atoms with E-state index in [9.17, 15) is 8.42 Å². The van der Waals surface area contributed by atoms with Crippen LogP contribution < -0.4 is 0 Å². The SMILES string of the molecule is CC12OS(=O)(=O)c3cc(oc31)C2S. The van der Waals surface area contributed by atoms with Gasteiger partial charge >= 0.3 is 10.1 Å². The van der Waals surface area contributed by atoms with Crippen LogP contribution in [-0.4, -0.2) is 8.42 Å². The number of fused-ring (bicyclic) bond motifs is 1. The van der Waals surface area contributed by atoms with Crippen molar-refractivity contribution in [3.05, 3.63) is 17.6 Å². The summed E-state index contributed by atoms with van der Waals surface area (Å²) >= 11 is 4.25. The lowest BCUT2D eigenvalue weighted by Crippen LogP contribution is -2.23. The molecule has 2 aliphatic heterocycles. The molecule has 2 bridgehead atoms. The third-order valence-electron chi connectivity index (χ3n) is 2.51. The van der Waals surface area contributed by atoms with Crippen LogP contribution in [0.2, 0.25) is 0 Å². The van der Waals surface area contributed by atoms with Gasteiger partial charge in [0.25, 0.3) is 0 Å². The van der Waals surface area contributed by atoms with Crippen LogP contribution in [0.1, 0.15) is 23.7 Å². The van der Waals surface area contributed by atoms with Gasteiger partial charge in [-0.05, 0) is 6.92 Å². The number of hydrogen-bond acceptors (Lipinski definition) is 5. The molecule has 2 unspecified atom stereocenters.